The highest BCUT2D eigenvalue weighted by Crippen LogP contribution is 2.76. The van der Waals surface area contributed by atoms with Gasteiger partial charge in [0.15, 0.2) is 0 Å². The van der Waals surface area contributed by atoms with Crippen LogP contribution >= 0.6 is 0 Å². The lowest BCUT2D eigenvalue weighted by molar-refractivity contribution is 0.348. The van der Waals surface area contributed by atoms with Gasteiger partial charge < -0.3 is 0 Å². The maximum Gasteiger partial charge on any atom is -0.0291 e. The monoisotopic (exact) mass is 150 g/mol. The van der Waals surface area contributed by atoms with E-state index in [0.29, 0.717) is 0 Å². The van der Waals surface area contributed by atoms with Crippen molar-refractivity contribution in [3.05, 3.63) is 0 Å². The van der Waals surface area contributed by atoms with Gasteiger partial charge in [-0.2, -0.15) is 0 Å². The highest BCUT2D eigenvalue weighted by Gasteiger charge is 2.68. The van der Waals surface area contributed by atoms with Gasteiger partial charge in [-0.15, -0.1) is 0 Å². The van der Waals surface area contributed by atoms with Crippen LogP contribution in [0.4, 0.5) is 0 Å². The molecule has 3 fully saturated rings. The summed E-state index contributed by atoms with van der Waals surface area (Å²) in [5, 5.41) is 0. The van der Waals surface area contributed by atoms with Crippen molar-refractivity contribution < 1.29 is 0 Å². The van der Waals surface area contributed by atoms with E-state index < -0.39 is 0 Å². The number of rotatable bonds is 0. The minimum Gasteiger partial charge on any atom is -0.0594 e. The summed E-state index contributed by atoms with van der Waals surface area (Å²) < 4.78 is 0. The van der Waals surface area contributed by atoms with Crippen LogP contribution in [0.1, 0.15) is 40.0 Å². The van der Waals surface area contributed by atoms with Gasteiger partial charge in [0.2, 0.25) is 0 Å². The minimum atomic E-state index is 0.733. The minimum absolute atomic E-state index is 0.733. The summed E-state index contributed by atoms with van der Waals surface area (Å²) in [6.07, 6.45) is 4.67. The topological polar surface area (TPSA) is 0 Å². The van der Waals surface area contributed by atoms with Gasteiger partial charge in [0.1, 0.15) is 0 Å². The molecule has 0 N–H and O–H groups in total. The van der Waals surface area contributed by atoms with Crippen LogP contribution in [0, 0.1) is 28.6 Å². The van der Waals surface area contributed by atoms with E-state index in [1.165, 1.54) is 0 Å². The molecule has 4 atom stereocenters. The first-order valence-corrected chi connectivity index (χ1v) is 5.04. The molecule has 62 valence electrons. The van der Waals surface area contributed by atoms with Crippen LogP contribution in [0.2, 0.25) is 0 Å². The van der Waals surface area contributed by atoms with E-state index in [1.54, 1.807) is 19.3 Å². The summed E-state index contributed by atoms with van der Waals surface area (Å²) >= 11 is 0. The average Bonchev–Trinajstić information content (AvgIpc) is 2.68. The molecule has 0 radical (unpaired) electrons. The third-order valence-electron chi connectivity index (χ3n) is 5.05. The van der Waals surface area contributed by atoms with Crippen LogP contribution in [0.3, 0.4) is 0 Å². The van der Waals surface area contributed by atoms with Crippen molar-refractivity contribution in [3.8, 4) is 0 Å². The standard InChI is InChI=1S/C11H18/c1-10(2)8-4-7-5-11(7,3)6-9(8)10/h7-9H,4-6H2,1-3H3/t7-,8+,9+,11+/m0/s1. The molecule has 3 aliphatic carbocycles. The zero-order chi connectivity index (χ0) is 7.85. The van der Waals surface area contributed by atoms with Gasteiger partial charge in [-0.05, 0) is 47.8 Å². The zero-order valence-electron chi connectivity index (χ0n) is 7.85. The van der Waals surface area contributed by atoms with Gasteiger partial charge >= 0.3 is 0 Å². The SMILES string of the molecule is CC1(C)[C@@H]2C[C@H]3C[C@]3(C)C[C@H]21. The summed E-state index contributed by atoms with van der Waals surface area (Å²) in [6, 6.07) is 0. The molecule has 0 heterocycles. The van der Waals surface area contributed by atoms with Gasteiger partial charge in [0.25, 0.3) is 0 Å². The van der Waals surface area contributed by atoms with Crippen LogP contribution in [0.25, 0.3) is 0 Å². The Morgan fingerprint density at radius 3 is 2.36 bits per heavy atom. The van der Waals surface area contributed by atoms with Gasteiger partial charge in [0, 0.05) is 0 Å². The first-order chi connectivity index (χ1) is 5.04. The molecule has 0 amide bonds. The molecule has 0 aromatic rings. The number of fused-ring (bicyclic) bond motifs is 2. The van der Waals surface area contributed by atoms with Crippen LogP contribution in [-0.4, -0.2) is 0 Å². The smallest absolute Gasteiger partial charge is 0.0291 e. The van der Waals surface area contributed by atoms with Crippen molar-refractivity contribution in [2.24, 2.45) is 28.6 Å². The summed E-state index contributed by atoms with van der Waals surface area (Å²) in [5.41, 5.74) is 1.55. The lowest BCUT2D eigenvalue weighted by Crippen LogP contribution is -2.06. The molecule has 0 spiro atoms. The fourth-order valence-electron chi connectivity index (χ4n) is 3.66. The maximum absolute atomic E-state index is 2.50. The summed E-state index contributed by atoms with van der Waals surface area (Å²) in [7, 11) is 0. The molecule has 11 heavy (non-hydrogen) atoms. The van der Waals surface area contributed by atoms with Gasteiger partial charge in [0.05, 0.1) is 0 Å². The Bertz CT molecular complexity index is 216. The van der Waals surface area contributed by atoms with Crippen molar-refractivity contribution in [1.29, 1.82) is 0 Å². The Labute approximate surface area is 69.4 Å². The Kier molecular flexibility index (Phi) is 0.832. The third kappa shape index (κ3) is 0.625. The Hall–Kier alpha value is 0. The molecule has 3 aliphatic rings. The van der Waals surface area contributed by atoms with Crippen molar-refractivity contribution in [1.82, 2.24) is 0 Å². The number of hydrogen-bond acceptors (Lipinski definition) is 0. The fraction of sp³-hybridized carbons (Fsp3) is 1.00. The molecule has 0 heteroatoms. The highest BCUT2D eigenvalue weighted by atomic mass is 14.7. The summed E-state index contributed by atoms with van der Waals surface area (Å²) in [6.45, 7) is 7.44. The van der Waals surface area contributed by atoms with E-state index in [1.807, 2.05) is 0 Å². The van der Waals surface area contributed by atoms with Crippen molar-refractivity contribution >= 4 is 0 Å². The largest absolute Gasteiger partial charge is 0.0594 e. The van der Waals surface area contributed by atoms with Gasteiger partial charge in [-0.25, -0.2) is 0 Å². The van der Waals surface area contributed by atoms with Crippen molar-refractivity contribution in [3.63, 3.8) is 0 Å². The maximum atomic E-state index is 2.50. The normalized spacial score (nSPS) is 63.0. The fourth-order valence-corrected chi connectivity index (χ4v) is 3.66. The quantitative estimate of drug-likeness (QED) is 0.498. The average molecular weight is 150 g/mol. The second kappa shape index (κ2) is 1.41. The van der Waals surface area contributed by atoms with E-state index in [0.717, 1.165) is 28.6 Å². The van der Waals surface area contributed by atoms with E-state index >= 15 is 0 Å². The first kappa shape index (κ1) is 6.51. The molecule has 3 saturated carbocycles. The molecule has 0 bridgehead atoms. The molecular weight excluding hydrogens is 132 g/mol. The van der Waals surface area contributed by atoms with E-state index in [-0.39, 0.29) is 0 Å². The van der Waals surface area contributed by atoms with Crippen LogP contribution < -0.4 is 0 Å². The first-order valence-electron chi connectivity index (χ1n) is 5.04. The molecule has 0 saturated heterocycles. The van der Waals surface area contributed by atoms with Crippen LogP contribution in [-0.2, 0) is 0 Å². The third-order valence-corrected chi connectivity index (χ3v) is 5.05. The molecule has 0 aromatic heterocycles. The summed E-state index contributed by atoms with van der Waals surface area (Å²) in [5.74, 6) is 3.35. The number of hydrogen-bond donors (Lipinski definition) is 0. The molecule has 0 unspecified atom stereocenters. The van der Waals surface area contributed by atoms with E-state index in [4.69, 9.17) is 0 Å². The second-order valence-electron chi connectivity index (χ2n) is 6.03. The van der Waals surface area contributed by atoms with Gasteiger partial charge in [-0.3, -0.25) is 0 Å². The molecule has 0 aliphatic heterocycles. The Morgan fingerprint density at radius 1 is 1.00 bits per heavy atom. The molecular formula is C11H18. The van der Waals surface area contributed by atoms with E-state index in [2.05, 4.69) is 20.8 Å². The molecule has 3 rings (SSSR count). The Balaban J connectivity index is 1.85. The predicted octanol–water partition coefficient (Wildman–Crippen LogP) is 3.08. The lowest BCUT2D eigenvalue weighted by Gasteiger charge is -2.15. The molecule has 0 aromatic carbocycles. The van der Waals surface area contributed by atoms with Crippen LogP contribution in [0.15, 0.2) is 0 Å². The predicted molar refractivity (Wildman–Crippen MR) is 46.2 cm³/mol. The van der Waals surface area contributed by atoms with Gasteiger partial charge in [-0.1, -0.05) is 20.8 Å². The van der Waals surface area contributed by atoms with Crippen molar-refractivity contribution in [2.75, 3.05) is 0 Å². The Morgan fingerprint density at radius 2 is 1.73 bits per heavy atom. The summed E-state index contributed by atoms with van der Waals surface area (Å²) in [4.78, 5) is 0. The van der Waals surface area contributed by atoms with Crippen LogP contribution in [0.5, 0.6) is 0 Å². The zero-order valence-corrected chi connectivity index (χ0v) is 7.85. The van der Waals surface area contributed by atoms with Crippen molar-refractivity contribution in [2.45, 2.75) is 40.0 Å². The lowest BCUT2D eigenvalue weighted by atomic mass is 9.90. The second-order valence-corrected chi connectivity index (χ2v) is 6.03. The van der Waals surface area contributed by atoms with E-state index in [9.17, 15) is 0 Å². The molecule has 0 nitrogen and oxygen atoms in total. The highest BCUT2D eigenvalue weighted by molar-refractivity contribution is 5.17.